The summed E-state index contributed by atoms with van der Waals surface area (Å²) in [6.45, 7) is 4.00. The molecule has 1 aromatic rings. The first-order valence-corrected chi connectivity index (χ1v) is 7.12. The van der Waals surface area contributed by atoms with Crippen LogP contribution in [0.25, 0.3) is 0 Å². The number of benzene rings is 1. The summed E-state index contributed by atoms with van der Waals surface area (Å²) < 4.78 is 10.2. The van der Waals surface area contributed by atoms with Crippen LogP contribution in [-0.4, -0.2) is 19.2 Å². The zero-order valence-corrected chi connectivity index (χ0v) is 12.6. The lowest BCUT2D eigenvalue weighted by Gasteiger charge is -2.14. The van der Waals surface area contributed by atoms with Gasteiger partial charge in [-0.1, -0.05) is 18.6 Å². The summed E-state index contributed by atoms with van der Waals surface area (Å²) in [5, 5.41) is 0. The van der Waals surface area contributed by atoms with Gasteiger partial charge in [-0.3, -0.25) is 4.79 Å². The minimum Gasteiger partial charge on any atom is -0.491 e. The van der Waals surface area contributed by atoms with Crippen LogP contribution in [0.15, 0.2) is 24.3 Å². The molecule has 0 saturated heterocycles. The third-order valence-electron chi connectivity index (χ3n) is 3.05. The Morgan fingerprint density at radius 2 is 1.85 bits per heavy atom. The van der Waals surface area contributed by atoms with E-state index in [1.165, 1.54) is 7.11 Å². The molecule has 0 fully saturated rings. The average Bonchev–Trinajstić information content (AvgIpc) is 2.43. The predicted octanol–water partition coefficient (Wildman–Crippen LogP) is 3.21. The maximum atomic E-state index is 11.0. The molecular weight excluding hydrogens is 254 g/mol. The van der Waals surface area contributed by atoms with Crippen molar-refractivity contribution in [1.29, 1.82) is 0 Å². The molecule has 0 aliphatic rings. The first-order valence-electron chi connectivity index (χ1n) is 7.12. The Morgan fingerprint density at radius 3 is 2.40 bits per heavy atom. The van der Waals surface area contributed by atoms with Crippen molar-refractivity contribution in [3.63, 3.8) is 0 Å². The minimum absolute atomic E-state index is 0.000692. The molecule has 1 unspecified atom stereocenters. The van der Waals surface area contributed by atoms with Crippen molar-refractivity contribution in [2.75, 3.05) is 7.11 Å². The minimum atomic E-state index is -0.159. The van der Waals surface area contributed by atoms with Crippen LogP contribution in [0.4, 0.5) is 0 Å². The first kappa shape index (κ1) is 16.5. The fraction of sp³-hybridized carbons (Fsp3) is 0.562. The Bertz CT molecular complexity index is 401. The van der Waals surface area contributed by atoms with Crippen LogP contribution < -0.4 is 10.5 Å². The molecule has 0 aliphatic carbocycles. The second-order valence-electron chi connectivity index (χ2n) is 5.16. The number of hydrogen-bond donors (Lipinski definition) is 1. The highest BCUT2D eigenvalue weighted by molar-refractivity contribution is 5.68. The number of unbranched alkanes of at least 4 members (excludes halogenated alkanes) is 1. The molecule has 0 bridgehead atoms. The van der Waals surface area contributed by atoms with E-state index < -0.39 is 0 Å². The van der Waals surface area contributed by atoms with Crippen LogP contribution in [0.3, 0.4) is 0 Å². The number of rotatable bonds is 8. The molecule has 0 heterocycles. The van der Waals surface area contributed by atoms with Gasteiger partial charge in [-0.2, -0.15) is 0 Å². The van der Waals surface area contributed by atoms with Gasteiger partial charge >= 0.3 is 5.97 Å². The Morgan fingerprint density at radius 1 is 1.20 bits per heavy atom. The van der Waals surface area contributed by atoms with Crippen LogP contribution in [0.5, 0.6) is 5.75 Å². The monoisotopic (exact) mass is 279 g/mol. The van der Waals surface area contributed by atoms with E-state index in [-0.39, 0.29) is 18.1 Å². The van der Waals surface area contributed by atoms with Crippen LogP contribution >= 0.6 is 0 Å². The highest BCUT2D eigenvalue weighted by Crippen LogP contribution is 2.21. The Labute approximate surface area is 121 Å². The number of nitrogens with two attached hydrogens (primary N) is 1. The fourth-order valence-electron chi connectivity index (χ4n) is 1.97. The molecule has 0 amide bonds. The van der Waals surface area contributed by atoms with Crippen LogP contribution in [0.1, 0.15) is 51.1 Å². The predicted molar refractivity (Wildman–Crippen MR) is 79.6 cm³/mol. The van der Waals surface area contributed by atoms with Gasteiger partial charge in [0.25, 0.3) is 0 Å². The molecule has 20 heavy (non-hydrogen) atoms. The van der Waals surface area contributed by atoms with Gasteiger partial charge in [-0.25, -0.2) is 0 Å². The molecule has 4 nitrogen and oxygen atoms in total. The largest absolute Gasteiger partial charge is 0.491 e. The summed E-state index contributed by atoms with van der Waals surface area (Å²) >= 11 is 0. The van der Waals surface area contributed by atoms with Crippen molar-refractivity contribution in [2.45, 2.75) is 51.7 Å². The van der Waals surface area contributed by atoms with E-state index in [9.17, 15) is 4.79 Å². The van der Waals surface area contributed by atoms with Gasteiger partial charge in [-0.05, 0) is 44.4 Å². The smallest absolute Gasteiger partial charge is 0.305 e. The molecule has 0 saturated carbocycles. The van der Waals surface area contributed by atoms with E-state index in [1.807, 2.05) is 38.1 Å². The van der Waals surface area contributed by atoms with Gasteiger partial charge in [0.1, 0.15) is 5.75 Å². The quantitative estimate of drug-likeness (QED) is 0.586. The van der Waals surface area contributed by atoms with Gasteiger partial charge in [0.05, 0.1) is 13.2 Å². The molecule has 112 valence electrons. The van der Waals surface area contributed by atoms with Crippen LogP contribution in [0, 0.1) is 0 Å². The van der Waals surface area contributed by atoms with E-state index in [0.717, 1.165) is 30.6 Å². The molecule has 1 rings (SSSR count). The Kier molecular flexibility index (Phi) is 7.09. The van der Waals surface area contributed by atoms with Crippen molar-refractivity contribution in [3.8, 4) is 5.75 Å². The van der Waals surface area contributed by atoms with Crippen molar-refractivity contribution >= 4 is 5.97 Å². The highest BCUT2D eigenvalue weighted by Gasteiger charge is 2.07. The number of carbonyl (C=O) groups excluding carboxylic acids is 1. The second kappa shape index (κ2) is 8.59. The second-order valence-corrected chi connectivity index (χ2v) is 5.16. The lowest BCUT2D eigenvalue weighted by Crippen LogP contribution is -2.11. The molecule has 1 atom stereocenters. The van der Waals surface area contributed by atoms with Gasteiger partial charge in [-0.15, -0.1) is 0 Å². The Balaban J connectivity index is 2.35. The van der Waals surface area contributed by atoms with Crippen LogP contribution in [-0.2, 0) is 9.53 Å². The number of hydrogen-bond acceptors (Lipinski definition) is 4. The third-order valence-corrected chi connectivity index (χ3v) is 3.05. The zero-order valence-electron chi connectivity index (χ0n) is 12.6. The molecule has 0 spiro atoms. The lowest BCUT2D eigenvalue weighted by molar-refractivity contribution is -0.140. The normalized spacial score (nSPS) is 12.2. The maximum Gasteiger partial charge on any atom is 0.305 e. The highest BCUT2D eigenvalue weighted by atomic mass is 16.5. The zero-order chi connectivity index (χ0) is 15.0. The molecule has 0 aliphatic heterocycles. The number of carbonyl (C=O) groups is 1. The summed E-state index contributed by atoms with van der Waals surface area (Å²) in [7, 11) is 1.41. The van der Waals surface area contributed by atoms with Crippen molar-refractivity contribution in [2.24, 2.45) is 5.73 Å². The SMILES string of the molecule is COC(=O)CCCCC(N)c1ccc(OC(C)C)cc1. The fourth-order valence-corrected chi connectivity index (χ4v) is 1.97. The van der Waals surface area contributed by atoms with Gasteiger partial charge in [0.2, 0.25) is 0 Å². The number of methoxy groups -OCH3 is 1. The molecule has 1 aromatic carbocycles. The van der Waals surface area contributed by atoms with E-state index in [4.69, 9.17) is 10.5 Å². The molecule has 0 aromatic heterocycles. The first-order chi connectivity index (χ1) is 9.52. The van der Waals surface area contributed by atoms with E-state index in [0.29, 0.717) is 6.42 Å². The maximum absolute atomic E-state index is 11.0. The van der Waals surface area contributed by atoms with Crippen molar-refractivity contribution in [3.05, 3.63) is 29.8 Å². The van der Waals surface area contributed by atoms with E-state index in [1.54, 1.807) is 0 Å². The number of ether oxygens (including phenoxy) is 2. The van der Waals surface area contributed by atoms with Crippen LogP contribution in [0.2, 0.25) is 0 Å². The summed E-state index contributed by atoms with van der Waals surface area (Å²) in [4.78, 5) is 11.0. The lowest BCUT2D eigenvalue weighted by atomic mass is 10.0. The summed E-state index contributed by atoms with van der Waals surface area (Å²) in [5.41, 5.74) is 7.24. The Hall–Kier alpha value is -1.55. The molecule has 0 radical (unpaired) electrons. The summed E-state index contributed by atoms with van der Waals surface area (Å²) in [5.74, 6) is 0.704. The van der Waals surface area contributed by atoms with Crippen molar-refractivity contribution in [1.82, 2.24) is 0 Å². The van der Waals surface area contributed by atoms with Gasteiger partial charge < -0.3 is 15.2 Å². The van der Waals surface area contributed by atoms with Gasteiger partial charge in [0, 0.05) is 12.5 Å². The van der Waals surface area contributed by atoms with Gasteiger partial charge in [0.15, 0.2) is 0 Å². The third kappa shape index (κ3) is 6.06. The van der Waals surface area contributed by atoms with Crippen molar-refractivity contribution < 1.29 is 14.3 Å². The standard InChI is InChI=1S/C16H25NO3/c1-12(2)20-14-10-8-13(9-11-14)15(17)6-4-5-7-16(18)19-3/h8-12,15H,4-7,17H2,1-3H3. The molecule has 2 N–H and O–H groups in total. The summed E-state index contributed by atoms with van der Waals surface area (Å²) in [6.07, 6.45) is 3.23. The topological polar surface area (TPSA) is 61.5 Å². The average molecular weight is 279 g/mol. The molecule has 4 heteroatoms. The molecular formula is C16H25NO3. The number of esters is 1. The van der Waals surface area contributed by atoms with E-state index >= 15 is 0 Å². The van der Waals surface area contributed by atoms with E-state index in [2.05, 4.69) is 4.74 Å². The summed E-state index contributed by atoms with van der Waals surface area (Å²) in [6, 6.07) is 7.90.